The zero-order valence-electron chi connectivity index (χ0n) is 27.8. The van der Waals surface area contributed by atoms with Crippen molar-refractivity contribution >= 4 is 29.5 Å². The highest BCUT2D eigenvalue weighted by molar-refractivity contribution is 5.95. The van der Waals surface area contributed by atoms with Gasteiger partial charge in [0, 0.05) is 13.1 Å². The maximum atomic E-state index is 13.6. The van der Waals surface area contributed by atoms with Gasteiger partial charge in [0.2, 0.25) is 29.5 Å². The average molecular weight is 660 g/mol. The smallest absolute Gasteiger partial charge is 0.243 e. The first kappa shape index (κ1) is 43.0. The Labute approximate surface area is 273 Å². The Kier molecular flexibility index (Phi) is 25.4. The lowest BCUT2D eigenvalue weighted by Gasteiger charge is -2.27. The van der Waals surface area contributed by atoms with E-state index in [1.165, 1.54) is 0 Å². The van der Waals surface area contributed by atoms with Gasteiger partial charge < -0.3 is 48.7 Å². The maximum absolute atomic E-state index is 13.6. The normalized spacial score (nSPS) is 14.4. The van der Waals surface area contributed by atoms with E-state index in [0.29, 0.717) is 77.7 Å². The summed E-state index contributed by atoms with van der Waals surface area (Å²) in [5.74, 6) is 7.90. The molecular weight excluding hydrogens is 598 g/mol. The Morgan fingerprint density at radius 1 is 0.478 bits per heavy atom. The van der Waals surface area contributed by atoms with Crippen LogP contribution in [0.5, 0.6) is 0 Å². The number of hydrogen-bond acceptors (Lipinski definition) is 13. The number of carbonyl (C=O) groups is 5. The van der Waals surface area contributed by atoms with Crippen molar-refractivity contribution in [1.82, 2.24) is 48.1 Å². The molecule has 17 N–H and O–H groups in total. The van der Waals surface area contributed by atoms with E-state index in [9.17, 15) is 24.0 Å². The molecule has 0 fully saturated rings. The van der Waals surface area contributed by atoms with Gasteiger partial charge in [-0.05, 0) is 105 Å². The molecule has 0 aromatic carbocycles. The van der Waals surface area contributed by atoms with Gasteiger partial charge in [-0.1, -0.05) is 0 Å². The summed E-state index contributed by atoms with van der Waals surface area (Å²) in [6.45, 7) is 2.66. The summed E-state index contributed by atoms with van der Waals surface area (Å²) in [5, 5.41) is 19.9. The summed E-state index contributed by atoms with van der Waals surface area (Å²) in [5.41, 5.74) is 16.6. The molecule has 0 saturated carbocycles. The summed E-state index contributed by atoms with van der Waals surface area (Å²) in [4.78, 5) is 65.2. The van der Waals surface area contributed by atoms with E-state index < -0.39 is 59.7 Å². The molecule has 0 rings (SSSR count). The van der Waals surface area contributed by atoms with Crippen molar-refractivity contribution in [3.63, 3.8) is 0 Å². The molecule has 0 aromatic heterocycles. The molecule has 0 spiro atoms. The first-order valence-electron chi connectivity index (χ1n) is 16.1. The van der Waals surface area contributed by atoms with E-state index in [0.717, 1.165) is 0 Å². The molecule has 18 nitrogen and oxygen atoms in total. The molecule has 0 aliphatic carbocycles. The van der Waals surface area contributed by atoms with E-state index in [1.54, 1.807) is 21.1 Å². The maximum Gasteiger partial charge on any atom is 0.243 e. The molecule has 0 bridgehead atoms. The van der Waals surface area contributed by atoms with Crippen molar-refractivity contribution in [2.45, 2.75) is 94.4 Å². The molecule has 5 amide bonds. The second-order valence-corrected chi connectivity index (χ2v) is 11.2. The third-order valence-electron chi connectivity index (χ3n) is 7.30. The lowest BCUT2D eigenvalue weighted by atomic mass is 10.0. The van der Waals surface area contributed by atoms with Gasteiger partial charge in [0.05, 0.1) is 6.04 Å². The second-order valence-electron chi connectivity index (χ2n) is 11.2. The number of primary amides is 1. The van der Waals surface area contributed by atoms with Crippen LogP contribution in [0.4, 0.5) is 0 Å². The predicted octanol–water partition coefficient (Wildman–Crippen LogP) is -4.78. The van der Waals surface area contributed by atoms with Crippen LogP contribution in [-0.2, 0) is 24.0 Å². The third kappa shape index (κ3) is 19.5. The van der Waals surface area contributed by atoms with Crippen molar-refractivity contribution in [2.24, 2.45) is 23.2 Å². The van der Waals surface area contributed by atoms with Crippen LogP contribution < -0.4 is 71.2 Å². The van der Waals surface area contributed by atoms with Crippen molar-refractivity contribution in [3.8, 4) is 0 Å². The van der Waals surface area contributed by atoms with Gasteiger partial charge in [0.1, 0.15) is 24.2 Å². The molecule has 0 unspecified atom stereocenters. The van der Waals surface area contributed by atoms with Gasteiger partial charge in [-0.3, -0.25) is 46.5 Å². The highest BCUT2D eigenvalue weighted by Crippen LogP contribution is 2.07. The lowest BCUT2D eigenvalue weighted by molar-refractivity contribution is -0.134. The van der Waals surface area contributed by atoms with E-state index >= 15 is 0 Å². The molecule has 268 valence electrons. The monoisotopic (exact) mass is 659 g/mol. The van der Waals surface area contributed by atoms with Gasteiger partial charge >= 0.3 is 0 Å². The zero-order valence-corrected chi connectivity index (χ0v) is 27.8. The number of nitrogens with two attached hydrogens (primary N) is 4. The summed E-state index contributed by atoms with van der Waals surface area (Å²) < 4.78 is 0. The van der Waals surface area contributed by atoms with Crippen LogP contribution in [0.15, 0.2) is 0 Å². The zero-order chi connectivity index (χ0) is 34.7. The van der Waals surface area contributed by atoms with Crippen LogP contribution in [0.2, 0.25) is 0 Å². The molecular formula is C28H61N13O5. The van der Waals surface area contributed by atoms with E-state index in [4.69, 9.17) is 23.2 Å². The van der Waals surface area contributed by atoms with Gasteiger partial charge in [-0.25, -0.2) is 0 Å². The van der Waals surface area contributed by atoms with Crippen LogP contribution in [-0.4, -0.2) is 114 Å². The summed E-state index contributed by atoms with van der Waals surface area (Å²) in [7, 11) is 5.34. The lowest BCUT2D eigenvalue weighted by Crippen LogP contribution is -2.58. The fourth-order valence-corrected chi connectivity index (χ4v) is 4.60. The molecule has 18 heteroatoms. The van der Waals surface area contributed by atoms with E-state index in [-0.39, 0.29) is 19.3 Å². The van der Waals surface area contributed by atoms with Gasteiger partial charge in [-0.2, -0.15) is 0 Å². The summed E-state index contributed by atoms with van der Waals surface area (Å²) in [6, 6.07) is -4.76. The molecule has 0 saturated heterocycles. The minimum atomic E-state index is -1.03. The SMILES string of the molecule is CNCCC[C@@H](N)C(=O)N[C@H](CCCNN)C(=O)N[C@H](CCCNC)C(=O)N[C@H](CCCNN)C(=O)N[C@H](CCCNC)C(N)=O. The molecule has 0 aliphatic heterocycles. The fourth-order valence-electron chi connectivity index (χ4n) is 4.60. The van der Waals surface area contributed by atoms with Crippen molar-refractivity contribution < 1.29 is 24.0 Å². The number of carbonyl (C=O) groups excluding carboxylic acids is 5. The van der Waals surface area contributed by atoms with Crippen LogP contribution in [0, 0.1) is 0 Å². The van der Waals surface area contributed by atoms with Crippen molar-refractivity contribution in [2.75, 3.05) is 53.9 Å². The number of hydrazine groups is 2. The van der Waals surface area contributed by atoms with Crippen LogP contribution in [0.1, 0.15) is 64.2 Å². The molecule has 46 heavy (non-hydrogen) atoms. The largest absolute Gasteiger partial charge is 0.368 e. The first-order chi connectivity index (χ1) is 22.1. The van der Waals surface area contributed by atoms with Gasteiger partial charge in [0.25, 0.3) is 0 Å². The van der Waals surface area contributed by atoms with E-state index in [1.807, 2.05) is 0 Å². The number of rotatable bonds is 29. The minimum absolute atomic E-state index is 0.206. The average Bonchev–Trinajstić information content (AvgIpc) is 3.02. The number of amides is 5. The predicted molar refractivity (Wildman–Crippen MR) is 177 cm³/mol. The Hall–Kier alpha value is -2.97. The highest BCUT2D eigenvalue weighted by Gasteiger charge is 2.31. The Balaban J connectivity index is 5.87. The Morgan fingerprint density at radius 2 is 0.783 bits per heavy atom. The van der Waals surface area contributed by atoms with Crippen molar-refractivity contribution in [3.05, 3.63) is 0 Å². The minimum Gasteiger partial charge on any atom is -0.368 e. The summed E-state index contributed by atoms with van der Waals surface area (Å²) >= 11 is 0. The number of hydrogen-bond donors (Lipinski definition) is 13. The molecule has 0 radical (unpaired) electrons. The topological polar surface area (TPSA) is 298 Å². The van der Waals surface area contributed by atoms with Crippen LogP contribution >= 0.6 is 0 Å². The van der Waals surface area contributed by atoms with Gasteiger partial charge in [0.15, 0.2) is 0 Å². The van der Waals surface area contributed by atoms with Gasteiger partial charge in [-0.15, -0.1) is 0 Å². The Bertz CT molecular complexity index is 883. The first-order valence-corrected chi connectivity index (χ1v) is 16.1. The summed E-state index contributed by atoms with van der Waals surface area (Å²) in [6.07, 6.45) is 4.15. The third-order valence-corrected chi connectivity index (χ3v) is 7.30. The second kappa shape index (κ2) is 27.2. The van der Waals surface area contributed by atoms with Crippen molar-refractivity contribution in [1.29, 1.82) is 0 Å². The quantitative estimate of drug-likeness (QED) is 0.0204. The van der Waals surface area contributed by atoms with E-state index in [2.05, 4.69) is 48.1 Å². The number of nitrogens with one attached hydrogen (secondary N) is 9. The fraction of sp³-hybridized carbons (Fsp3) is 0.821. The highest BCUT2D eigenvalue weighted by atomic mass is 16.2. The Morgan fingerprint density at radius 3 is 1.13 bits per heavy atom. The molecule has 0 aliphatic rings. The molecule has 0 aromatic rings. The molecule has 0 heterocycles. The standard InChI is InChI=1S/C28H61N13O5/c1-33-14-4-9-19(29)25(43)39-21(12-7-17-36-31)27(45)40-22(11-6-16-35-3)28(46)41-23(13-8-18-37-32)26(44)38-20(24(30)42)10-5-15-34-2/h19-23,33-37H,4-18,29,31-32H2,1-3H3,(H2,30,42)(H,38,44)(H,39,43)(H,40,45)(H,41,46)/t19-,20-,21-,22-,23-/m1/s1. The van der Waals surface area contributed by atoms with Crippen LogP contribution in [0.3, 0.4) is 0 Å². The molecule has 5 atom stereocenters. The van der Waals surface area contributed by atoms with Crippen LogP contribution in [0.25, 0.3) is 0 Å².